The Hall–Kier alpha value is -3.32. The number of benzene rings is 3. The first-order valence-corrected chi connectivity index (χ1v) is 11.4. The number of nitrogens with one attached hydrogen (secondary N) is 2. The Labute approximate surface area is 183 Å². The second-order valence-corrected chi connectivity index (χ2v) is 8.93. The van der Waals surface area contributed by atoms with Gasteiger partial charge in [0.2, 0.25) is 0 Å². The number of ether oxygens (including phenoxy) is 1. The highest BCUT2D eigenvalue weighted by Crippen LogP contribution is 2.22. The maximum absolute atomic E-state index is 12.6. The van der Waals surface area contributed by atoms with Crippen molar-refractivity contribution < 1.29 is 17.9 Å². The molecule has 6 nitrogen and oxygen atoms in total. The average Bonchev–Trinajstić information content (AvgIpc) is 2.75. The first-order valence-electron chi connectivity index (χ1n) is 9.93. The van der Waals surface area contributed by atoms with Gasteiger partial charge in [-0.25, -0.2) is 8.42 Å². The van der Waals surface area contributed by atoms with Crippen LogP contribution in [0.1, 0.15) is 27.0 Å². The van der Waals surface area contributed by atoms with E-state index in [1.807, 2.05) is 32.0 Å². The van der Waals surface area contributed by atoms with Crippen LogP contribution in [0.4, 0.5) is 5.69 Å². The monoisotopic (exact) mass is 438 g/mol. The molecule has 162 valence electrons. The third kappa shape index (κ3) is 5.64. The number of anilines is 1. The van der Waals surface area contributed by atoms with Crippen LogP contribution >= 0.6 is 0 Å². The molecule has 0 saturated heterocycles. The van der Waals surface area contributed by atoms with Crippen molar-refractivity contribution in [2.24, 2.45) is 0 Å². The summed E-state index contributed by atoms with van der Waals surface area (Å²) >= 11 is 0. The molecule has 0 aliphatic rings. The van der Waals surface area contributed by atoms with Crippen LogP contribution in [-0.4, -0.2) is 27.5 Å². The number of carbonyl (C=O) groups excluding carboxylic acids is 1. The largest absolute Gasteiger partial charge is 0.492 e. The highest BCUT2D eigenvalue weighted by molar-refractivity contribution is 7.92. The van der Waals surface area contributed by atoms with E-state index in [0.717, 1.165) is 11.3 Å². The molecule has 1 amide bonds. The van der Waals surface area contributed by atoms with Gasteiger partial charge < -0.3 is 10.1 Å². The molecule has 0 aliphatic heterocycles. The highest BCUT2D eigenvalue weighted by atomic mass is 32.2. The third-order valence-electron chi connectivity index (χ3n) is 5.01. The van der Waals surface area contributed by atoms with Crippen molar-refractivity contribution in [3.8, 4) is 5.75 Å². The number of rotatable bonds is 8. The quantitative estimate of drug-likeness (QED) is 0.516. The third-order valence-corrected chi connectivity index (χ3v) is 6.39. The lowest BCUT2D eigenvalue weighted by molar-refractivity contribution is 0.0946. The van der Waals surface area contributed by atoms with Crippen molar-refractivity contribution in [3.63, 3.8) is 0 Å². The van der Waals surface area contributed by atoms with E-state index in [2.05, 4.69) is 10.0 Å². The summed E-state index contributed by atoms with van der Waals surface area (Å²) in [4.78, 5) is 12.8. The van der Waals surface area contributed by atoms with Gasteiger partial charge in [-0.15, -0.1) is 0 Å². The molecule has 0 radical (unpaired) electrons. The van der Waals surface area contributed by atoms with Gasteiger partial charge in [0.05, 0.1) is 17.1 Å². The normalized spacial score (nSPS) is 11.1. The summed E-state index contributed by atoms with van der Waals surface area (Å²) in [6.07, 6.45) is 0. The zero-order chi connectivity index (χ0) is 22.4. The topological polar surface area (TPSA) is 84.5 Å². The summed E-state index contributed by atoms with van der Waals surface area (Å²) in [5, 5.41) is 2.82. The van der Waals surface area contributed by atoms with Crippen molar-refractivity contribution in [2.45, 2.75) is 25.7 Å². The van der Waals surface area contributed by atoms with Crippen LogP contribution in [0.3, 0.4) is 0 Å². The summed E-state index contributed by atoms with van der Waals surface area (Å²) in [6, 6.07) is 18.9. The Morgan fingerprint density at radius 1 is 0.903 bits per heavy atom. The Morgan fingerprint density at radius 2 is 1.65 bits per heavy atom. The predicted octanol–water partition coefficient (Wildman–Crippen LogP) is 4.22. The molecule has 0 aliphatic carbocycles. The molecule has 0 bridgehead atoms. The molecular formula is C24H26N2O4S. The fraction of sp³-hybridized carbons (Fsp3) is 0.208. The molecule has 3 rings (SSSR count). The smallest absolute Gasteiger partial charge is 0.261 e. The lowest BCUT2D eigenvalue weighted by Crippen LogP contribution is -2.29. The minimum Gasteiger partial charge on any atom is -0.492 e. The van der Waals surface area contributed by atoms with Crippen LogP contribution in [0.25, 0.3) is 0 Å². The van der Waals surface area contributed by atoms with Gasteiger partial charge in [0.15, 0.2) is 0 Å². The minimum atomic E-state index is -3.74. The number of aryl methyl sites for hydroxylation is 2. The van der Waals surface area contributed by atoms with Gasteiger partial charge >= 0.3 is 0 Å². The number of hydrogen-bond acceptors (Lipinski definition) is 4. The second-order valence-electron chi connectivity index (χ2n) is 7.25. The van der Waals surface area contributed by atoms with Gasteiger partial charge in [-0.3, -0.25) is 9.52 Å². The van der Waals surface area contributed by atoms with Crippen molar-refractivity contribution in [1.82, 2.24) is 5.32 Å². The first kappa shape index (κ1) is 22.4. The average molecular weight is 439 g/mol. The Balaban J connectivity index is 1.62. The Morgan fingerprint density at radius 3 is 2.35 bits per heavy atom. The molecule has 0 spiro atoms. The van der Waals surface area contributed by atoms with Gasteiger partial charge in [-0.1, -0.05) is 30.3 Å². The van der Waals surface area contributed by atoms with E-state index in [-0.39, 0.29) is 10.8 Å². The summed E-state index contributed by atoms with van der Waals surface area (Å²) < 4.78 is 33.4. The fourth-order valence-electron chi connectivity index (χ4n) is 3.03. The van der Waals surface area contributed by atoms with E-state index < -0.39 is 10.0 Å². The minimum absolute atomic E-state index is 0.160. The van der Waals surface area contributed by atoms with Gasteiger partial charge in [-0.05, 0) is 73.9 Å². The van der Waals surface area contributed by atoms with Crippen LogP contribution in [-0.2, 0) is 10.0 Å². The van der Waals surface area contributed by atoms with Gasteiger partial charge in [-0.2, -0.15) is 0 Å². The molecule has 7 heteroatoms. The molecule has 3 aromatic carbocycles. The van der Waals surface area contributed by atoms with Crippen molar-refractivity contribution in [2.75, 3.05) is 17.9 Å². The maximum atomic E-state index is 12.6. The molecule has 0 atom stereocenters. The number of carbonyl (C=O) groups is 1. The SMILES string of the molecule is Cc1ccc(OCCNC(=O)c2cccc(NS(=O)(=O)c3ccccc3)c2C)cc1C. The zero-order valence-corrected chi connectivity index (χ0v) is 18.6. The van der Waals surface area contributed by atoms with E-state index in [1.165, 1.54) is 17.7 Å². The lowest BCUT2D eigenvalue weighted by atomic mass is 10.1. The van der Waals surface area contributed by atoms with Crippen LogP contribution in [0.5, 0.6) is 5.75 Å². The van der Waals surface area contributed by atoms with Crippen molar-refractivity contribution in [1.29, 1.82) is 0 Å². The fourth-order valence-corrected chi connectivity index (χ4v) is 4.17. The van der Waals surface area contributed by atoms with E-state index >= 15 is 0 Å². The molecular weight excluding hydrogens is 412 g/mol. The number of sulfonamides is 1. The van der Waals surface area contributed by atoms with Crippen molar-refractivity contribution in [3.05, 3.63) is 89.0 Å². The van der Waals surface area contributed by atoms with Crippen LogP contribution in [0, 0.1) is 20.8 Å². The zero-order valence-electron chi connectivity index (χ0n) is 17.8. The molecule has 0 fully saturated rings. The lowest BCUT2D eigenvalue weighted by Gasteiger charge is -2.14. The van der Waals surface area contributed by atoms with Gasteiger partial charge in [0.1, 0.15) is 12.4 Å². The number of hydrogen-bond donors (Lipinski definition) is 2. The summed E-state index contributed by atoms with van der Waals surface area (Å²) in [5.74, 6) is 0.466. The van der Waals surface area contributed by atoms with Crippen LogP contribution in [0.2, 0.25) is 0 Å². The maximum Gasteiger partial charge on any atom is 0.261 e. The van der Waals surface area contributed by atoms with Gasteiger partial charge in [0, 0.05) is 5.56 Å². The summed E-state index contributed by atoms with van der Waals surface area (Å²) in [7, 11) is -3.74. The van der Waals surface area contributed by atoms with Gasteiger partial charge in [0.25, 0.3) is 15.9 Å². The Bertz CT molecular complexity index is 1180. The standard InChI is InChI=1S/C24H26N2O4S/c1-17-12-13-20(16-18(17)2)30-15-14-25-24(27)22-10-7-11-23(19(22)3)26-31(28,29)21-8-5-4-6-9-21/h4-13,16,26H,14-15H2,1-3H3,(H,25,27). The molecule has 0 heterocycles. The first-order chi connectivity index (χ1) is 14.8. The highest BCUT2D eigenvalue weighted by Gasteiger charge is 2.17. The van der Waals surface area contributed by atoms with E-state index in [9.17, 15) is 13.2 Å². The van der Waals surface area contributed by atoms with E-state index in [4.69, 9.17) is 4.74 Å². The molecule has 0 saturated carbocycles. The number of amides is 1. The summed E-state index contributed by atoms with van der Waals surface area (Å²) in [5.41, 5.74) is 3.66. The van der Waals surface area contributed by atoms with Crippen molar-refractivity contribution >= 4 is 21.6 Å². The molecule has 0 aromatic heterocycles. The van der Waals surface area contributed by atoms with E-state index in [0.29, 0.717) is 30.0 Å². The van der Waals surface area contributed by atoms with Crippen LogP contribution < -0.4 is 14.8 Å². The summed E-state index contributed by atoms with van der Waals surface area (Å²) in [6.45, 7) is 6.42. The molecule has 31 heavy (non-hydrogen) atoms. The van der Waals surface area contributed by atoms with Crippen LogP contribution in [0.15, 0.2) is 71.6 Å². The second kappa shape index (κ2) is 9.66. The molecule has 3 aromatic rings. The van der Waals surface area contributed by atoms with E-state index in [1.54, 1.807) is 43.3 Å². The Kier molecular flexibility index (Phi) is 6.97. The predicted molar refractivity (Wildman–Crippen MR) is 122 cm³/mol. The molecule has 0 unspecified atom stereocenters. The molecule has 2 N–H and O–H groups in total.